The van der Waals surface area contributed by atoms with Crippen molar-refractivity contribution in [2.24, 2.45) is 0 Å². The Labute approximate surface area is 91.1 Å². The SMILES string of the molecule is CC(Cn1ccnc1)NCC1CCCN1. The van der Waals surface area contributed by atoms with Gasteiger partial charge in [-0.15, -0.1) is 0 Å². The molecule has 1 aliphatic rings. The maximum atomic E-state index is 4.04. The van der Waals surface area contributed by atoms with Crippen molar-refractivity contribution in [2.45, 2.75) is 38.4 Å². The van der Waals surface area contributed by atoms with Gasteiger partial charge in [0.2, 0.25) is 0 Å². The first-order valence-corrected chi connectivity index (χ1v) is 5.77. The summed E-state index contributed by atoms with van der Waals surface area (Å²) in [7, 11) is 0. The third-order valence-corrected chi connectivity index (χ3v) is 2.92. The summed E-state index contributed by atoms with van der Waals surface area (Å²) in [5.41, 5.74) is 0. The number of nitrogens with zero attached hydrogens (tertiary/aromatic N) is 2. The fourth-order valence-electron chi connectivity index (χ4n) is 2.05. The first-order valence-electron chi connectivity index (χ1n) is 5.77. The zero-order chi connectivity index (χ0) is 10.5. The quantitative estimate of drug-likeness (QED) is 0.745. The highest BCUT2D eigenvalue weighted by atomic mass is 15.1. The maximum absolute atomic E-state index is 4.04. The first-order chi connectivity index (χ1) is 7.34. The van der Waals surface area contributed by atoms with Crippen molar-refractivity contribution >= 4 is 0 Å². The second kappa shape index (κ2) is 5.28. The van der Waals surface area contributed by atoms with Gasteiger partial charge < -0.3 is 15.2 Å². The molecule has 1 aliphatic heterocycles. The van der Waals surface area contributed by atoms with Crippen molar-refractivity contribution in [1.82, 2.24) is 20.2 Å². The summed E-state index contributed by atoms with van der Waals surface area (Å²) in [6.45, 7) is 5.47. The molecule has 15 heavy (non-hydrogen) atoms. The summed E-state index contributed by atoms with van der Waals surface area (Å²) in [5.74, 6) is 0. The van der Waals surface area contributed by atoms with Gasteiger partial charge in [0.25, 0.3) is 0 Å². The van der Waals surface area contributed by atoms with Crippen LogP contribution in [0.4, 0.5) is 0 Å². The highest BCUT2D eigenvalue weighted by Crippen LogP contribution is 2.03. The second-order valence-corrected chi connectivity index (χ2v) is 4.36. The smallest absolute Gasteiger partial charge is 0.0946 e. The third kappa shape index (κ3) is 3.32. The van der Waals surface area contributed by atoms with Crippen LogP contribution in [0.5, 0.6) is 0 Å². The van der Waals surface area contributed by atoms with Gasteiger partial charge in [0.05, 0.1) is 6.33 Å². The minimum Gasteiger partial charge on any atom is -0.336 e. The van der Waals surface area contributed by atoms with Crippen LogP contribution in [-0.2, 0) is 6.54 Å². The van der Waals surface area contributed by atoms with Crippen LogP contribution in [0, 0.1) is 0 Å². The molecule has 4 heteroatoms. The Hall–Kier alpha value is -0.870. The molecule has 0 spiro atoms. The van der Waals surface area contributed by atoms with E-state index in [9.17, 15) is 0 Å². The molecule has 2 unspecified atom stereocenters. The average molecular weight is 208 g/mol. The standard InChI is InChI=1S/C11H20N4/c1-10(8-15-6-5-12-9-15)14-7-11-3-2-4-13-11/h5-6,9-11,13-14H,2-4,7-8H2,1H3. The van der Waals surface area contributed by atoms with Gasteiger partial charge in [-0.2, -0.15) is 0 Å². The Morgan fingerprint density at radius 3 is 3.27 bits per heavy atom. The lowest BCUT2D eigenvalue weighted by Gasteiger charge is -2.17. The molecule has 2 rings (SSSR count). The molecule has 0 saturated carbocycles. The van der Waals surface area contributed by atoms with Crippen molar-refractivity contribution in [1.29, 1.82) is 0 Å². The van der Waals surface area contributed by atoms with Crippen LogP contribution in [0.2, 0.25) is 0 Å². The Balaban J connectivity index is 1.66. The molecule has 2 N–H and O–H groups in total. The Morgan fingerprint density at radius 1 is 1.67 bits per heavy atom. The number of rotatable bonds is 5. The van der Waals surface area contributed by atoms with Gasteiger partial charge in [-0.05, 0) is 26.3 Å². The fourth-order valence-corrected chi connectivity index (χ4v) is 2.05. The van der Waals surface area contributed by atoms with Crippen molar-refractivity contribution in [3.63, 3.8) is 0 Å². The predicted molar refractivity (Wildman–Crippen MR) is 60.7 cm³/mol. The minimum absolute atomic E-state index is 0.501. The van der Waals surface area contributed by atoms with Gasteiger partial charge in [0.15, 0.2) is 0 Å². The minimum atomic E-state index is 0.501. The van der Waals surface area contributed by atoms with Crippen molar-refractivity contribution in [3.05, 3.63) is 18.7 Å². The van der Waals surface area contributed by atoms with Gasteiger partial charge >= 0.3 is 0 Å². The van der Waals surface area contributed by atoms with Crippen molar-refractivity contribution in [3.8, 4) is 0 Å². The van der Waals surface area contributed by atoms with E-state index in [-0.39, 0.29) is 0 Å². The lowest BCUT2D eigenvalue weighted by atomic mass is 10.2. The van der Waals surface area contributed by atoms with Gasteiger partial charge in [0.1, 0.15) is 0 Å². The topological polar surface area (TPSA) is 41.9 Å². The molecule has 1 fully saturated rings. The highest BCUT2D eigenvalue weighted by molar-refractivity contribution is 4.80. The Kier molecular flexibility index (Phi) is 3.75. The van der Waals surface area contributed by atoms with Crippen molar-refractivity contribution in [2.75, 3.05) is 13.1 Å². The van der Waals surface area contributed by atoms with Gasteiger partial charge in [-0.1, -0.05) is 0 Å². The largest absolute Gasteiger partial charge is 0.336 e. The molecule has 2 atom stereocenters. The van der Waals surface area contributed by atoms with E-state index >= 15 is 0 Å². The molecule has 0 aromatic carbocycles. The molecular weight excluding hydrogens is 188 g/mol. The molecule has 0 aliphatic carbocycles. The maximum Gasteiger partial charge on any atom is 0.0946 e. The summed E-state index contributed by atoms with van der Waals surface area (Å²) >= 11 is 0. The average Bonchev–Trinajstić information content (AvgIpc) is 2.86. The molecule has 1 aromatic rings. The van der Waals surface area contributed by atoms with E-state index in [1.165, 1.54) is 19.4 Å². The van der Waals surface area contributed by atoms with E-state index in [2.05, 4.69) is 27.1 Å². The van der Waals surface area contributed by atoms with E-state index < -0.39 is 0 Å². The lowest BCUT2D eigenvalue weighted by molar-refractivity contribution is 0.439. The molecule has 0 bridgehead atoms. The summed E-state index contributed by atoms with van der Waals surface area (Å²) in [5, 5.41) is 7.04. The molecule has 4 nitrogen and oxygen atoms in total. The third-order valence-electron chi connectivity index (χ3n) is 2.92. The molecule has 2 heterocycles. The first kappa shape index (κ1) is 10.6. The van der Waals surface area contributed by atoms with Crippen LogP contribution in [-0.4, -0.2) is 34.7 Å². The zero-order valence-corrected chi connectivity index (χ0v) is 9.32. The predicted octanol–water partition coefficient (Wildman–Crippen LogP) is 0.613. The summed E-state index contributed by atoms with van der Waals surface area (Å²) < 4.78 is 2.11. The summed E-state index contributed by atoms with van der Waals surface area (Å²) in [4.78, 5) is 4.04. The molecular formula is C11H20N4. The van der Waals surface area contributed by atoms with E-state index in [1.807, 2.05) is 18.7 Å². The number of hydrogen-bond acceptors (Lipinski definition) is 3. The van der Waals surface area contributed by atoms with E-state index in [0.717, 1.165) is 13.1 Å². The van der Waals surface area contributed by atoms with Crippen LogP contribution in [0.15, 0.2) is 18.7 Å². The number of hydrogen-bond donors (Lipinski definition) is 2. The lowest BCUT2D eigenvalue weighted by Crippen LogP contribution is -2.39. The molecule has 0 radical (unpaired) electrons. The summed E-state index contributed by atoms with van der Waals surface area (Å²) in [6.07, 6.45) is 8.33. The van der Waals surface area contributed by atoms with Crippen LogP contribution in [0.25, 0.3) is 0 Å². The van der Waals surface area contributed by atoms with Gasteiger partial charge in [-0.3, -0.25) is 0 Å². The Bertz CT molecular complexity index is 264. The molecule has 0 amide bonds. The van der Waals surface area contributed by atoms with E-state index in [4.69, 9.17) is 0 Å². The van der Waals surface area contributed by atoms with E-state index in [1.54, 1.807) is 0 Å². The fraction of sp³-hybridized carbons (Fsp3) is 0.727. The Morgan fingerprint density at radius 2 is 2.60 bits per heavy atom. The van der Waals surface area contributed by atoms with Crippen LogP contribution in [0.3, 0.4) is 0 Å². The zero-order valence-electron chi connectivity index (χ0n) is 9.32. The molecule has 1 aromatic heterocycles. The number of imidazole rings is 1. The summed E-state index contributed by atoms with van der Waals surface area (Å²) in [6, 6.07) is 1.18. The molecule has 1 saturated heterocycles. The van der Waals surface area contributed by atoms with Crippen LogP contribution in [0.1, 0.15) is 19.8 Å². The highest BCUT2D eigenvalue weighted by Gasteiger charge is 2.14. The van der Waals surface area contributed by atoms with E-state index in [0.29, 0.717) is 12.1 Å². The van der Waals surface area contributed by atoms with Crippen LogP contribution >= 0.6 is 0 Å². The van der Waals surface area contributed by atoms with Crippen molar-refractivity contribution < 1.29 is 0 Å². The second-order valence-electron chi connectivity index (χ2n) is 4.36. The monoisotopic (exact) mass is 208 g/mol. The van der Waals surface area contributed by atoms with Gasteiger partial charge in [-0.25, -0.2) is 4.98 Å². The number of aromatic nitrogens is 2. The van der Waals surface area contributed by atoms with Crippen LogP contribution < -0.4 is 10.6 Å². The number of nitrogens with one attached hydrogen (secondary N) is 2. The molecule has 84 valence electrons. The van der Waals surface area contributed by atoms with Gasteiger partial charge in [0, 0.05) is 37.6 Å². The normalized spacial score (nSPS) is 23.1.